The molecule has 0 aliphatic rings. The molecule has 0 saturated carbocycles. The van der Waals surface area contributed by atoms with Gasteiger partial charge in [-0.25, -0.2) is 0 Å². The van der Waals surface area contributed by atoms with Crippen LogP contribution in [0.3, 0.4) is 0 Å². The third-order valence-corrected chi connectivity index (χ3v) is 1.83. The lowest BCUT2D eigenvalue weighted by Gasteiger charge is -2.11. The van der Waals surface area contributed by atoms with Crippen LogP contribution in [-0.4, -0.2) is 16.9 Å². The van der Waals surface area contributed by atoms with Crippen LogP contribution in [0.25, 0.3) is 0 Å². The van der Waals surface area contributed by atoms with E-state index >= 15 is 0 Å². The average Bonchev–Trinajstić information content (AvgIpc) is 2.45. The second kappa shape index (κ2) is 3.55. The van der Waals surface area contributed by atoms with Crippen molar-refractivity contribution in [1.82, 2.24) is 15.2 Å². The minimum Gasteiger partial charge on any atom is -0.493 e. The Bertz CT molecular complexity index is 258. The molecular formula is C7H14N4O. The molecule has 0 aromatic carbocycles. The Morgan fingerprint density at radius 1 is 1.75 bits per heavy atom. The van der Waals surface area contributed by atoms with Gasteiger partial charge in [0.05, 0.1) is 25.0 Å². The zero-order valence-corrected chi connectivity index (χ0v) is 7.53. The van der Waals surface area contributed by atoms with Crippen LogP contribution in [0.1, 0.15) is 18.7 Å². The summed E-state index contributed by atoms with van der Waals surface area (Å²) in [5.74, 6) is 6.06. The monoisotopic (exact) mass is 170 g/mol. The maximum absolute atomic E-state index is 5.31. The number of hydrogen-bond donors (Lipinski definition) is 2. The molecular weight excluding hydrogens is 156 g/mol. The molecule has 0 aliphatic heterocycles. The van der Waals surface area contributed by atoms with Gasteiger partial charge < -0.3 is 4.74 Å². The lowest BCUT2D eigenvalue weighted by atomic mass is 10.2. The predicted molar refractivity (Wildman–Crippen MR) is 45.5 cm³/mol. The van der Waals surface area contributed by atoms with Crippen molar-refractivity contribution in [3.63, 3.8) is 0 Å². The Balaban J connectivity index is 3.01. The molecule has 0 radical (unpaired) electrons. The zero-order valence-electron chi connectivity index (χ0n) is 7.53. The molecule has 5 nitrogen and oxygen atoms in total. The normalized spacial score (nSPS) is 13.0. The van der Waals surface area contributed by atoms with Gasteiger partial charge in [0, 0.05) is 7.05 Å². The predicted octanol–water partition coefficient (Wildman–Crippen LogP) is -0.0470. The van der Waals surface area contributed by atoms with Gasteiger partial charge in [-0.2, -0.15) is 5.10 Å². The summed E-state index contributed by atoms with van der Waals surface area (Å²) in [6, 6.07) is 0.0347. The lowest BCUT2D eigenvalue weighted by Crippen LogP contribution is -2.27. The zero-order chi connectivity index (χ0) is 9.14. The van der Waals surface area contributed by atoms with E-state index in [1.807, 2.05) is 14.0 Å². The van der Waals surface area contributed by atoms with Crippen molar-refractivity contribution < 1.29 is 4.74 Å². The van der Waals surface area contributed by atoms with Crippen LogP contribution in [-0.2, 0) is 7.05 Å². The largest absolute Gasteiger partial charge is 0.493 e. The van der Waals surface area contributed by atoms with Crippen molar-refractivity contribution in [2.24, 2.45) is 12.9 Å². The third-order valence-electron chi connectivity index (χ3n) is 1.83. The average molecular weight is 170 g/mol. The first-order valence-corrected chi connectivity index (χ1v) is 3.72. The van der Waals surface area contributed by atoms with Crippen LogP contribution < -0.4 is 16.0 Å². The summed E-state index contributed by atoms with van der Waals surface area (Å²) < 4.78 is 6.85. The van der Waals surface area contributed by atoms with Crippen LogP contribution in [0.2, 0.25) is 0 Å². The van der Waals surface area contributed by atoms with Crippen LogP contribution in [0.5, 0.6) is 5.75 Å². The summed E-state index contributed by atoms with van der Waals surface area (Å²) in [4.78, 5) is 0. The smallest absolute Gasteiger partial charge is 0.161 e. The molecule has 0 spiro atoms. The fraction of sp³-hybridized carbons (Fsp3) is 0.571. The van der Waals surface area contributed by atoms with Gasteiger partial charge in [-0.05, 0) is 6.92 Å². The van der Waals surface area contributed by atoms with Crippen molar-refractivity contribution in [2.75, 3.05) is 7.11 Å². The summed E-state index contributed by atoms with van der Waals surface area (Å²) in [5, 5.41) is 4.05. The van der Waals surface area contributed by atoms with Crippen LogP contribution in [0.4, 0.5) is 0 Å². The Morgan fingerprint density at radius 2 is 2.42 bits per heavy atom. The van der Waals surface area contributed by atoms with E-state index in [0.29, 0.717) is 0 Å². The molecule has 12 heavy (non-hydrogen) atoms. The molecule has 1 aromatic heterocycles. The van der Waals surface area contributed by atoms with Crippen molar-refractivity contribution in [1.29, 1.82) is 0 Å². The first kappa shape index (κ1) is 9.02. The number of ether oxygens (including phenoxy) is 1. The molecule has 0 bridgehead atoms. The van der Waals surface area contributed by atoms with E-state index in [4.69, 9.17) is 10.6 Å². The highest BCUT2D eigenvalue weighted by Crippen LogP contribution is 2.22. The Morgan fingerprint density at radius 3 is 2.92 bits per heavy atom. The highest BCUT2D eigenvalue weighted by atomic mass is 16.5. The van der Waals surface area contributed by atoms with E-state index in [0.717, 1.165) is 11.4 Å². The van der Waals surface area contributed by atoms with Crippen molar-refractivity contribution in [2.45, 2.75) is 13.0 Å². The first-order valence-electron chi connectivity index (χ1n) is 3.72. The number of rotatable bonds is 3. The number of nitrogens with zero attached hydrogens (tertiary/aromatic N) is 2. The highest BCUT2D eigenvalue weighted by Gasteiger charge is 2.14. The molecule has 0 fully saturated rings. The van der Waals surface area contributed by atoms with Crippen molar-refractivity contribution >= 4 is 0 Å². The van der Waals surface area contributed by atoms with Crippen LogP contribution in [0.15, 0.2) is 6.20 Å². The van der Waals surface area contributed by atoms with E-state index in [2.05, 4.69) is 10.5 Å². The third kappa shape index (κ3) is 1.41. The first-order chi connectivity index (χ1) is 5.70. The fourth-order valence-electron chi connectivity index (χ4n) is 1.16. The van der Waals surface area contributed by atoms with E-state index < -0.39 is 0 Å². The maximum Gasteiger partial charge on any atom is 0.161 e. The summed E-state index contributed by atoms with van der Waals surface area (Å²) >= 11 is 0. The molecule has 1 heterocycles. The molecule has 68 valence electrons. The lowest BCUT2D eigenvalue weighted by molar-refractivity contribution is 0.398. The van der Waals surface area contributed by atoms with E-state index in [1.165, 1.54) is 0 Å². The van der Waals surface area contributed by atoms with Crippen molar-refractivity contribution in [3.8, 4) is 5.75 Å². The van der Waals surface area contributed by atoms with Gasteiger partial charge in [-0.15, -0.1) is 0 Å². The number of hydrazine groups is 1. The summed E-state index contributed by atoms with van der Waals surface area (Å²) in [5.41, 5.74) is 3.59. The summed E-state index contributed by atoms with van der Waals surface area (Å²) in [7, 11) is 3.47. The number of nitrogens with one attached hydrogen (secondary N) is 1. The Labute approximate surface area is 71.5 Å². The topological polar surface area (TPSA) is 65.1 Å². The van der Waals surface area contributed by atoms with Crippen LogP contribution >= 0.6 is 0 Å². The van der Waals surface area contributed by atoms with Gasteiger partial charge in [-0.3, -0.25) is 16.0 Å². The second-order valence-electron chi connectivity index (χ2n) is 2.61. The Hall–Kier alpha value is -1.07. The maximum atomic E-state index is 5.31. The van der Waals surface area contributed by atoms with E-state index in [-0.39, 0.29) is 6.04 Å². The number of aromatic nitrogens is 2. The van der Waals surface area contributed by atoms with Gasteiger partial charge in [0.15, 0.2) is 5.75 Å². The fourth-order valence-corrected chi connectivity index (χ4v) is 1.16. The van der Waals surface area contributed by atoms with E-state index in [1.54, 1.807) is 18.0 Å². The van der Waals surface area contributed by atoms with E-state index in [9.17, 15) is 0 Å². The molecule has 3 N–H and O–H groups in total. The van der Waals surface area contributed by atoms with Crippen molar-refractivity contribution in [3.05, 3.63) is 11.9 Å². The molecule has 0 saturated heterocycles. The molecule has 1 unspecified atom stereocenters. The standard InChI is InChI=1S/C7H14N4O/c1-5(10-8)7-6(12-3)4-9-11(7)2/h4-5,10H,8H2,1-3H3. The number of aryl methyl sites for hydroxylation is 1. The molecule has 5 heteroatoms. The van der Waals surface area contributed by atoms with Gasteiger partial charge in [0.1, 0.15) is 0 Å². The van der Waals surface area contributed by atoms with Crippen LogP contribution in [0, 0.1) is 0 Å². The summed E-state index contributed by atoms with van der Waals surface area (Å²) in [6.45, 7) is 1.94. The quantitative estimate of drug-likeness (QED) is 0.493. The SMILES string of the molecule is COc1cnn(C)c1C(C)NN. The van der Waals surface area contributed by atoms with Gasteiger partial charge in [0.2, 0.25) is 0 Å². The van der Waals surface area contributed by atoms with Gasteiger partial charge in [-0.1, -0.05) is 0 Å². The number of hydrogen-bond acceptors (Lipinski definition) is 4. The second-order valence-corrected chi connectivity index (χ2v) is 2.61. The number of methoxy groups -OCH3 is 1. The minimum atomic E-state index is 0.0347. The molecule has 1 aromatic rings. The number of nitrogens with two attached hydrogens (primary N) is 1. The molecule has 0 amide bonds. The van der Waals surface area contributed by atoms with Gasteiger partial charge >= 0.3 is 0 Å². The molecule has 0 aliphatic carbocycles. The summed E-state index contributed by atoms with van der Waals surface area (Å²) in [6.07, 6.45) is 1.67. The highest BCUT2D eigenvalue weighted by molar-refractivity contribution is 5.27. The molecule has 1 atom stereocenters. The molecule has 1 rings (SSSR count). The minimum absolute atomic E-state index is 0.0347. The van der Waals surface area contributed by atoms with Gasteiger partial charge in [0.25, 0.3) is 0 Å². The Kier molecular flexibility index (Phi) is 2.67.